The van der Waals surface area contributed by atoms with Crippen LogP contribution in [0.5, 0.6) is 5.75 Å². The molecule has 0 heterocycles. The van der Waals surface area contributed by atoms with Gasteiger partial charge in [-0.15, -0.1) is 0 Å². The van der Waals surface area contributed by atoms with Gasteiger partial charge >= 0.3 is 0 Å². The lowest BCUT2D eigenvalue weighted by atomic mass is 10.2. The first kappa shape index (κ1) is 16.9. The van der Waals surface area contributed by atoms with Crippen LogP contribution in [0.2, 0.25) is 0 Å². The normalized spacial score (nSPS) is 9.11. The largest absolute Gasteiger partial charge is 0.494 e. The van der Waals surface area contributed by atoms with Crippen molar-refractivity contribution in [2.75, 3.05) is 6.61 Å². The molecular weight excluding hydrogens is 250 g/mol. The van der Waals surface area contributed by atoms with Gasteiger partial charge in [0.25, 0.3) is 12.2 Å². The van der Waals surface area contributed by atoms with Crippen LogP contribution < -0.4 is 4.74 Å². The second-order valence-corrected chi connectivity index (χ2v) is 3.77. The molecule has 0 radical (unpaired) electrons. The maximum Gasteiger partial charge on any atom is 0.290 e. The molecule has 0 bridgehead atoms. The number of benzene rings is 1. The summed E-state index contributed by atoms with van der Waals surface area (Å²) in [5.41, 5.74) is 0.0957. The number of carboxylic acid groups (broad SMARTS) is 1. The minimum atomic E-state index is -0.412. The van der Waals surface area contributed by atoms with Gasteiger partial charge in [0.2, 0.25) is 0 Å². The molecule has 0 amide bonds. The number of hydrogen-bond acceptors (Lipinski definition) is 4. The molecule has 1 N–H and O–H groups in total. The minimum Gasteiger partial charge on any atom is -0.494 e. The SMILES string of the molecule is CCCCCCOc1ccc([N+](=O)[O-])cc1.O=CO. The monoisotopic (exact) mass is 269 g/mol. The second kappa shape index (κ2) is 11.0. The van der Waals surface area contributed by atoms with E-state index >= 15 is 0 Å². The molecule has 0 fully saturated rings. The lowest BCUT2D eigenvalue weighted by Gasteiger charge is -2.05. The standard InChI is InChI=1S/C12H17NO3.CH2O2/c1-2-3-4-5-10-16-12-8-6-11(7-9-12)13(14)15;2-1-3/h6-9H,2-5,10H2,1H3;1H,(H,2,3). The smallest absolute Gasteiger partial charge is 0.290 e. The Labute approximate surface area is 112 Å². The molecule has 1 aromatic rings. The van der Waals surface area contributed by atoms with Crippen LogP contribution in [0.15, 0.2) is 24.3 Å². The lowest BCUT2D eigenvalue weighted by molar-refractivity contribution is -0.384. The molecule has 0 aromatic heterocycles. The van der Waals surface area contributed by atoms with E-state index < -0.39 is 4.92 Å². The Bertz CT molecular complexity index is 364. The highest BCUT2D eigenvalue weighted by Crippen LogP contribution is 2.17. The van der Waals surface area contributed by atoms with E-state index in [9.17, 15) is 10.1 Å². The Kier molecular flexibility index (Phi) is 9.79. The fourth-order valence-electron chi connectivity index (χ4n) is 1.38. The number of rotatable bonds is 7. The lowest BCUT2D eigenvalue weighted by Crippen LogP contribution is -1.97. The van der Waals surface area contributed by atoms with Crippen LogP contribution in [0.25, 0.3) is 0 Å². The summed E-state index contributed by atoms with van der Waals surface area (Å²) in [6.45, 7) is 2.59. The zero-order valence-corrected chi connectivity index (χ0v) is 10.9. The Morgan fingerprint density at radius 3 is 2.32 bits per heavy atom. The van der Waals surface area contributed by atoms with Crippen molar-refractivity contribution in [3.63, 3.8) is 0 Å². The van der Waals surface area contributed by atoms with Crippen LogP contribution >= 0.6 is 0 Å². The van der Waals surface area contributed by atoms with Gasteiger partial charge in [0, 0.05) is 12.1 Å². The van der Waals surface area contributed by atoms with Crippen molar-refractivity contribution in [2.45, 2.75) is 32.6 Å². The van der Waals surface area contributed by atoms with E-state index in [2.05, 4.69) is 6.92 Å². The van der Waals surface area contributed by atoms with E-state index in [-0.39, 0.29) is 12.2 Å². The van der Waals surface area contributed by atoms with Gasteiger partial charge < -0.3 is 9.84 Å². The molecule has 0 spiro atoms. The first-order chi connectivity index (χ1) is 9.15. The molecule has 106 valence electrons. The fraction of sp³-hybridized carbons (Fsp3) is 0.462. The summed E-state index contributed by atoms with van der Waals surface area (Å²) in [5, 5.41) is 17.3. The molecule has 6 nitrogen and oxygen atoms in total. The van der Waals surface area contributed by atoms with Crippen molar-refractivity contribution in [3.05, 3.63) is 34.4 Å². The molecule has 0 aliphatic heterocycles. The molecule has 0 atom stereocenters. The maximum atomic E-state index is 10.4. The van der Waals surface area contributed by atoms with Crippen molar-refractivity contribution in [2.24, 2.45) is 0 Å². The Hall–Kier alpha value is -2.11. The summed E-state index contributed by atoms with van der Waals surface area (Å²) in [6.07, 6.45) is 4.63. The van der Waals surface area contributed by atoms with Crippen molar-refractivity contribution < 1.29 is 19.6 Å². The summed E-state index contributed by atoms with van der Waals surface area (Å²) in [7, 11) is 0. The van der Waals surface area contributed by atoms with Crippen molar-refractivity contribution in [1.29, 1.82) is 0 Å². The average Bonchev–Trinajstić information content (AvgIpc) is 2.40. The first-order valence-electron chi connectivity index (χ1n) is 6.10. The summed E-state index contributed by atoms with van der Waals surface area (Å²) < 4.78 is 5.46. The van der Waals surface area contributed by atoms with E-state index in [1.54, 1.807) is 12.1 Å². The summed E-state index contributed by atoms with van der Waals surface area (Å²) in [5.74, 6) is 0.696. The van der Waals surface area contributed by atoms with E-state index in [1.165, 1.54) is 31.4 Å². The number of non-ortho nitro benzene ring substituents is 1. The van der Waals surface area contributed by atoms with Crippen LogP contribution in [0.1, 0.15) is 32.6 Å². The van der Waals surface area contributed by atoms with Crippen molar-refractivity contribution in [3.8, 4) is 5.75 Å². The third-order valence-corrected chi connectivity index (χ3v) is 2.31. The summed E-state index contributed by atoms with van der Waals surface area (Å²) in [4.78, 5) is 18.4. The quantitative estimate of drug-likeness (QED) is 0.355. The predicted octanol–water partition coefficient (Wildman–Crippen LogP) is 3.25. The third-order valence-electron chi connectivity index (χ3n) is 2.31. The van der Waals surface area contributed by atoms with Crippen LogP contribution in [0, 0.1) is 10.1 Å². The third kappa shape index (κ3) is 8.59. The van der Waals surface area contributed by atoms with Gasteiger partial charge in [-0.25, -0.2) is 0 Å². The highest BCUT2D eigenvalue weighted by molar-refractivity contribution is 5.35. The number of unbranched alkanes of at least 4 members (excludes halogenated alkanes) is 3. The van der Waals surface area contributed by atoms with Crippen LogP contribution in [-0.2, 0) is 4.79 Å². The first-order valence-corrected chi connectivity index (χ1v) is 6.10. The van der Waals surface area contributed by atoms with Gasteiger partial charge in [0.1, 0.15) is 5.75 Å². The maximum absolute atomic E-state index is 10.4. The molecular formula is C13H19NO5. The Balaban J connectivity index is 0.000000982. The fourth-order valence-corrected chi connectivity index (χ4v) is 1.38. The van der Waals surface area contributed by atoms with Gasteiger partial charge in [-0.1, -0.05) is 26.2 Å². The molecule has 0 saturated heterocycles. The average molecular weight is 269 g/mol. The van der Waals surface area contributed by atoms with E-state index in [0.717, 1.165) is 6.42 Å². The zero-order chi connectivity index (χ0) is 14.5. The molecule has 1 aromatic carbocycles. The van der Waals surface area contributed by atoms with Gasteiger partial charge in [-0.05, 0) is 18.6 Å². The highest BCUT2D eigenvalue weighted by Gasteiger charge is 2.03. The van der Waals surface area contributed by atoms with E-state index in [0.29, 0.717) is 12.4 Å². The van der Waals surface area contributed by atoms with Crippen molar-refractivity contribution >= 4 is 12.2 Å². The Morgan fingerprint density at radius 2 is 1.84 bits per heavy atom. The molecule has 0 saturated carbocycles. The molecule has 0 unspecified atom stereocenters. The molecule has 1 rings (SSSR count). The number of nitro benzene ring substituents is 1. The molecule has 6 heteroatoms. The van der Waals surface area contributed by atoms with Gasteiger partial charge in [0.15, 0.2) is 0 Å². The number of hydrogen-bond donors (Lipinski definition) is 1. The van der Waals surface area contributed by atoms with Crippen LogP contribution in [0.3, 0.4) is 0 Å². The number of nitrogens with zero attached hydrogens (tertiary/aromatic N) is 1. The second-order valence-electron chi connectivity index (χ2n) is 3.77. The topological polar surface area (TPSA) is 89.7 Å². The van der Waals surface area contributed by atoms with Crippen LogP contribution in [0.4, 0.5) is 5.69 Å². The van der Waals surface area contributed by atoms with Gasteiger partial charge in [-0.3, -0.25) is 14.9 Å². The Morgan fingerprint density at radius 1 is 1.26 bits per heavy atom. The van der Waals surface area contributed by atoms with E-state index in [1.807, 2.05) is 0 Å². The molecule has 19 heavy (non-hydrogen) atoms. The predicted molar refractivity (Wildman–Crippen MR) is 71.4 cm³/mol. The summed E-state index contributed by atoms with van der Waals surface area (Å²) in [6, 6.07) is 6.19. The number of carbonyl (C=O) groups is 1. The van der Waals surface area contributed by atoms with Gasteiger partial charge in [-0.2, -0.15) is 0 Å². The summed E-state index contributed by atoms with van der Waals surface area (Å²) >= 11 is 0. The highest BCUT2D eigenvalue weighted by atomic mass is 16.6. The number of ether oxygens (including phenoxy) is 1. The van der Waals surface area contributed by atoms with E-state index in [4.69, 9.17) is 14.6 Å². The van der Waals surface area contributed by atoms with Crippen molar-refractivity contribution in [1.82, 2.24) is 0 Å². The zero-order valence-electron chi connectivity index (χ0n) is 10.9. The minimum absolute atomic E-state index is 0.0957. The molecule has 0 aliphatic carbocycles. The number of nitro groups is 1. The van der Waals surface area contributed by atoms with Crippen LogP contribution in [-0.4, -0.2) is 23.1 Å². The molecule has 0 aliphatic rings. The van der Waals surface area contributed by atoms with Gasteiger partial charge in [0.05, 0.1) is 11.5 Å².